The molecule has 3 fully saturated rings. The minimum absolute atomic E-state index is 0.0748. The molecule has 3 aliphatic heterocycles. The van der Waals surface area contributed by atoms with Gasteiger partial charge < -0.3 is 81.6 Å². The Bertz CT molecular complexity index is 4610. The molecule has 3 unspecified atom stereocenters. The van der Waals surface area contributed by atoms with Gasteiger partial charge >= 0.3 is 0 Å². The van der Waals surface area contributed by atoms with Gasteiger partial charge in [0.15, 0.2) is 99.2 Å². The number of halogens is 3. The second-order valence-corrected chi connectivity index (χ2v) is 22.8. The van der Waals surface area contributed by atoms with Crippen LogP contribution in [0.25, 0.3) is 29.1 Å². The zero-order valence-corrected chi connectivity index (χ0v) is 59.2. The summed E-state index contributed by atoms with van der Waals surface area (Å²) in [4.78, 5) is 19.5. The van der Waals surface area contributed by atoms with Crippen molar-refractivity contribution in [3.63, 3.8) is 0 Å². The van der Waals surface area contributed by atoms with Crippen LogP contribution in [0, 0.1) is 56.9 Å². The van der Waals surface area contributed by atoms with Crippen molar-refractivity contribution in [2.75, 3.05) is 67.6 Å². The van der Waals surface area contributed by atoms with Crippen molar-refractivity contribution in [3.8, 4) is 86.2 Å². The van der Waals surface area contributed by atoms with E-state index in [1.54, 1.807) is 105 Å². The predicted molar refractivity (Wildman–Crippen MR) is 395 cm³/mol. The monoisotopic (exact) mass is 1470 g/mol. The fourth-order valence-corrected chi connectivity index (χ4v) is 9.59. The molecule has 108 heavy (non-hydrogen) atoms. The topological polar surface area (TPSA) is 216 Å². The number of rotatable bonds is 21. The van der Waals surface area contributed by atoms with Crippen LogP contribution in [0.3, 0.4) is 0 Å². The number of hydrogen-bond donors (Lipinski definition) is 3. The van der Waals surface area contributed by atoms with Crippen molar-refractivity contribution in [3.05, 3.63) is 268 Å². The van der Waals surface area contributed by atoms with Gasteiger partial charge in [-0.3, -0.25) is 0 Å². The Balaban J connectivity index is 0.000000186. The second kappa shape index (κ2) is 45.4. The quantitative estimate of drug-likeness (QED) is 0.0450. The third-order valence-corrected chi connectivity index (χ3v) is 15.0. The molecule has 12 rings (SSSR count). The molecule has 3 N–H and O–H groups in total. The summed E-state index contributed by atoms with van der Waals surface area (Å²) in [6.45, 7) is 45.2. The van der Waals surface area contributed by atoms with Crippen LogP contribution < -0.4 is 42.6 Å². The standard InChI is InChI=1S/C21H23NO5.C18H17NO4.C16H15NO4.C12H12FNO2.C8H6FNO.C7H4FNO/c1-22-16-9-10-19(20(14-16)27-21-8-3-4-11-25-21)26-18-7-5-6-17(15-18)24-13-12-23-2;1-19-13-8-9-16(22-15-6-4-5-14(20)12-15)17(11-13)23-18-7-2-3-10-21-18;1-17-12-6-7-16(15(18)10-12)21-14-5-3-4-13(11-14)20-9-8-19-2;1-14-9-5-6-10(13)11(8-9)16-12-4-2-3-7-15-12;1-10-6-3-4-7(9)8(5-6)11-2;1-9-5-2-3-6(8)7(10)4-5/h5-7,9-10,14-15,21H,3-4,8,11-13H2,2H3;4-6,8-9,11-12,18,20H,2-3,7,10H2;3-7,10-11,18H,8-9H2,2H3;5-6,8,12H,2-4,7H2;3-5H,2H3;2-4,10H. The number of phenols is 3. The molecule has 9 aromatic rings. The van der Waals surface area contributed by atoms with Crippen molar-refractivity contribution < 1.29 is 94.8 Å². The van der Waals surface area contributed by atoms with E-state index in [1.165, 1.54) is 61.7 Å². The minimum Gasteiger partial charge on any atom is -0.508 e. The third kappa shape index (κ3) is 28.3. The first-order valence-corrected chi connectivity index (χ1v) is 33.6. The number of hydrogen-bond acceptors (Lipinski definition) is 17. The van der Waals surface area contributed by atoms with Gasteiger partial charge in [-0.25, -0.2) is 42.2 Å². The summed E-state index contributed by atoms with van der Waals surface area (Å²) in [5.41, 5.74) is 2.30. The van der Waals surface area contributed by atoms with Crippen LogP contribution in [0.4, 0.5) is 47.3 Å². The van der Waals surface area contributed by atoms with Crippen LogP contribution in [-0.2, 0) is 23.7 Å². The summed E-state index contributed by atoms with van der Waals surface area (Å²) in [5.74, 6) is 3.45. The van der Waals surface area contributed by atoms with E-state index in [0.29, 0.717) is 126 Å². The van der Waals surface area contributed by atoms with Gasteiger partial charge in [-0.1, -0.05) is 54.6 Å². The van der Waals surface area contributed by atoms with Crippen molar-refractivity contribution >= 4 is 34.1 Å². The third-order valence-electron chi connectivity index (χ3n) is 15.0. The van der Waals surface area contributed by atoms with E-state index in [0.717, 1.165) is 69.9 Å². The summed E-state index contributed by atoms with van der Waals surface area (Å²) in [6.07, 6.45) is 7.61. The van der Waals surface area contributed by atoms with Gasteiger partial charge in [-0.05, 0) is 148 Å². The van der Waals surface area contributed by atoms with Crippen LogP contribution in [0.15, 0.2) is 182 Å². The van der Waals surface area contributed by atoms with Gasteiger partial charge in [0.1, 0.15) is 70.7 Å². The van der Waals surface area contributed by atoms with E-state index in [1.807, 2.05) is 24.3 Å². The van der Waals surface area contributed by atoms with Crippen molar-refractivity contribution in [1.29, 1.82) is 0 Å². The Labute approximate surface area is 624 Å². The molecule has 0 spiro atoms. The first-order chi connectivity index (χ1) is 52.5. The summed E-state index contributed by atoms with van der Waals surface area (Å²) in [6, 6.07) is 47.1. The molecule has 3 saturated heterocycles. The molecule has 558 valence electrons. The molecule has 0 aliphatic carbocycles. The number of aromatic hydroxyl groups is 3. The van der Waals surface area contributed by atoms with Crippen molar-refractivity contribution in [2.45, 2.75) is 76.7 Å². The second-order valence-electron chi connectivity index (χ2n) is 22.8. The highest BCUT2D eigenvalue weighted by Gasteiger charge is 2.22. The van der Waals surface area contributed by atoms with Crippen molar-refractivity contribution in [2.24, 2.45) is 0 Å². The highest BCUT2D eigenvalue weighted by molar-refractivity contribution is 5.59. The molecule has 3 aliphatic rings. The smallest absolute Gasteiger partial charge is 0.199 e. The fraction of sp³-hybridized carbons (Fsp3) is 0.268. The maximum atomic E-state index is 13.4. The van der Waals surface area contributed by atoms with Gasteiger partial charge in [-0.15, -0.1) is 0 Å². The van der Waals surface area contributed by atoms with Crippen molar-refractivity contribution in [1.82, 2.24) is 0 Å². The Hall–Kier alpha value is -12.9. The number of nitrogens with zero attached hydrogens (tertiary/aromatic N) is 6. The van der Waals surface area contributed by atoms with E-state index >= 15 is 0 Å². The van der Waals surface area contributed by atoms with Gasteiger partial charge in [0.25, 0.3) is 0 Å². The van der Waals surface area contributed by atoms with Crippen LogP contribution in [0.1, 0.15) is 57.8 Å². The number of methoxy groups -OCH3 is 3. The van der Waals surface area contributed by atoms with E-state index in [-0.39, 0.29) is 53.3 Å². The molecule has 23 nitrogen and oxygen atoms in total. The summed E-state index contributed by atoms with van der Waals surface area (Å²) in [7, 11) is 4.61. The van der Waals surface area contributed by atoms with E-state index in [2.05, 4.69) is 33.8 Å². The summed E-state index contributed by atoms with van der Waals surface area (Å²) in [5, 5.41) is 28.1. The molecule has 3 heterocycles. The molecular formula is C82H77F3N6O17. The molecular weight excluding hydrogens is 1400 g/mol. The lowest BCUT2D eigenvalue weighted by atomic mass is 10.2. The van der Waals surface area contributed by atoms with Gasteiger partial charge in [-0.2, -0.15) is 0 Å². The van der Waals surface area contributed by atoms with Crippen LogP contribution >= 0.6 is 0 Å². The van der Waals surface area contributed by atoms with Gasteiger partial charge in [0.2, 0.25) is 0 Å². The van der Waals surface area contributed by atoms with Gasteiger partial charge in [0.05, 0.1) is 79.6 Å². The molecule has 0 amide bonds. The maximum absolute atomic E-state index is 13.4. The molecule has 0 radical (unpaired) electrons. The summed E-state index contributed by atoms with van der Waals surface area (Å²) >= 11 is 0. The fourth-order valence-electron chi connectivity index (χ4n) is 9.59. The molecule has 9 aromatic carbocycles. The minimum atomic E-state index is -0.701. The maximum Gasteiger partial charge on any atom is 0.199 e. The zero-order valence-electron chi connectivity index (χ0n) is 59.2. The normalized spacial score (nSPS) is 14.4. The largest absolute Gasteiger partial charge is 0.508 e. The SMILES string of the molecule is [C-]#[N+]c1ccc(F)c(O)c1.[C-]#[N+]c1ccc(F)c(OC)c1.[C-]#[N+]c1ccc(F)c(OC2CCCCO2)c1.[C-]#[N+]c1ccc(Oc2cccc(O)c2)c(OC2CCCCO2)c1.[C-]#[N+]c1ccc(Oc2cccc(OCCOC)c2)c(O)c1.[C-]#[N+]c1ccc(Oc2cccc(OCCOC)c2)c(OC2CCCCO2)c1. The van der Waals surface area contributed by atoms with Crippen LogP contribution in [0.5, 0.6) is 86.2 Å². The summed E-state index contributed by atoms with van der Waals surface area (Å²) < 4.78 is 115. The molecule has 0 bridgehead atoms. The van der Waals surface area contributed by atoms with E-state index in [4.69, 9.17) is 106 Å². The van der Waals surface area contributed by atoms with E-state index < -0.39 is 23.2 Å². The number of benzene rings is 9. The Morgan fingerprint density at radius 2 is 0.685 bits per heavy atom. The Morgan fingerprint density at radius 1 is 0.343 bits per heavy atom. The Kier molecular flexibility index (Phi) is 34.6. The van der Waals surface area contributed by atoms with Gasteiger partial charge in [0, 0.05) is 51.7 Å². The molecule has 0 aromatic heterocycles. The molecule has 26 heteroatoms. The highest BCUT2D eigenvalue weighted by Crippen LogP contribution is 2.41. The first kappa shape index (κ1) is 82.4. The molecule has 3 atom stereocenters. The van der Waals surface area contributed by atoms with E-state index in [9.17, 15) is 23.4 Å². The van der Waals surface area contributed by atoms with Crippen LogP contribution in [0.2, 0.25) is 0 Å². The predicted octanol–water partition coefficient (Wildman–Crippen LogP) is 21.1. The average Bonchev–Trinajstić information content (AvgIpc) is 0.843. The lowest BCUT2D eigenvalue weighted by molar-refractivity contribution is -0.107. The number of phenolic OH excluding ortho intramolecular Hbond substituents is 3. The number of ether oxygens (including phenoxy) is 14. The Morgan fingerprint density at radius 3 is 1.07 bits per heavy atom. The average molecular weight is 1480 g/mol. The lowest BCUT2D eigenvalue weighted by Crippen LogP contribution is -2.25. The zero-order chi connectivity index (χ0) is 77.3. The first-order valence-electron chi connectivity index (χ1n) is 33.6. The highest BCUT2D eigenvalue weighted by atomic mass is 19.1. The lowest BCUT2D eigenvalue weighted by Gasteiger charge is -2.24. The molecule has 0 saturated carbocycles. The van der Waals surface area contributed by atoms with Crippen LogP contribution in [-0.4, -0.2) is 102 Å².